The predicted molar refractivity (Wildman–Crippen MR) is 88.0 cm³/mol. The Morgan fingerprint density at radius 1 is 1.20 bits per heavy atom. The van der Waals surface area contributed by atoms with Crippen LogP contribution < -0.4 is 5.32 Å². The van der Waals surface area contributed by atoms with Crippen molar-refractivity contribution in [3.63, 3.8) is 0 Å². The van der Waals surface area contributed by atoms with Crippen LogP contribution in [0.1, 0.15) is 11.1 Å². The Morgan fingerprint density at radius 3 is 2.55 bits per heavy atom. The third-order valence-corrected chi connectivity index (χ3v) is 3.49. The molecule has 0 saturated heterocycles. The van der Waals surface area contributed by atoms with Gasteiger partial charge in [-0.3, -0.25) is 4.79 Å². The number of carbonyl (C=O) groups excluding carboxylic acids is 1. The van der Waals surface area contributed by atoms with Gasteiger partial charge in [0.25, 0.3) is 0 Å². The van der Waals surface area contributed by atoms with Crippen LogP contribution in [0.3, 0.4) is 0 Å². The van der Waals surface area contributed by atoms with Crippen LogP contribution in [0.15, 0.2) is 53.0 Å². The molecule has 0 fully saturated rings. The van der Waals surface area contributed by atoms with E-state index >= 15 is 0 Å². The minimum Gasteiger partial charge on any atom is -0.322 e. The van der Waals surface area contributed by atoms with Gasteiger partial charge in [0.2, 0.25) is 5.91 Å². The average molecular weight is 351 g/mol. The summed E-state index contributed by atoms with van der Waals surface area (Å²) in [5.74, 6) is -0.162. The smallest absolute Gasteiger partial charge is 0.248 e. The molecule has 0 bridgehead atoms. The van der Waals surface area contributed by atoms with Crippen molar-refractivity contribution < 1.29 is 4.79 Å². The zero-order valence-electron chi connectivity index (χ0n) is 10.9. The summed E-state index contributed by atoms with van der Waals surface area (Å²) in [7, 11) is 0. The lowest BCUT2D eigenvalue weighted by Crippen LogP contribution is -2.08. The first-order valence-electron chi connectivity index (χ1n) is 6.05. The van der Waals surface area contributed by atoms with E-state index in [-0.39, 0.29) is 5.91 Å². The van der Waals surface area contributed by atoms with Gasteiger partial charge in [-0.05, 0) is 54.5 Å². The fraction of sp³-hybridized carbons (Fsp3) is 0.0625. The second-order valence-electron chi connectivity index (χ2n) is 4.33. The fourth-order valence-electron chi connectivity index (χ4n) is 1.69. The summed E-state index contributed by atoms with van der Waals surface area (Å²) < 4.78 is 0.990. The number of hydrogen-bond donors (Lipinski definition) is 1. The predicted octanol–water partition coefficient (Wildman–Crippen LogP) is 5.06. The zero-order chi connectivity index (χ0) is 14.5. The highest BCUT2D eigenvalue weighted by Gasteiger charge is 2.02. The van der Waals surface area contributed by atoms with Gasteiger partial charge in [-0.15, -0.1) is 0 Å². The van der Waals surface area contributed by atoms with Gasteiger partial charge in [0.05, 0.1) is 0 Å². The van der Waals surface area contributed by atoms with Gasteiger partial charge in [0, 0.05) is 21.3 Å². The van der Waals surface area contributed by atoms with Crippen molar-refractivity contribution in [2.24, 2.45) is 0 Å². The van der Waals surface area contributed by atoms with Crippen molar-refractivity contribution in [2.45, 2.75) is 6.92 Å². The quantitative estimate of drug-likeness (QED) is 0.770. The summed E-state index contributed by atoms with van der Waals surface area (Å²) >= 11 is 9.20. The van der Waals surface area contributed by atoms with Gasteiger partial charge in [-0.1, -0.05) is 39.7 Å². The van der Waals surface area contributed by atoms with E-state index in [0.29, 0.717) is 5.02 Å². The molecule has 4 heteroatoms. The normalized spacial score (nSPS) is 10.8. The largest absolute Gasteiger partial charge is 0.322 e. The number of benzene rings is 2. The third-order valence-electron chi connectivity index (χ3n) is 2.74. The lowest BCUT2D eigenvalue weighted by Gasteiger charge is -2.06. The Labute approximate surface area is 131 Å². The summed E-state index contributed by atoms with van der Waals surface area (Å²) in [6.45, 7) is 1.95. The summed E-state index contributed by atoms with van der Waals surface area (Å²) in [5.41, 5.74) is 2.74. The van der Waals surface area contributed by atoms with Crippen LogP contribution in [0.2, 0.25) is 5.02 Å². The van der Waals surface area contributed by atoms with E-state index in [4.69, 9.17) is 11.6 Å². The van der Waals surface area contributed by atoms with Gasteiger partial charge in [0.15, 0.2) is 0 Å². The van der Waals surface area contributed by atoms with Crippen LogP contribution in [0.5, 0.6) is 0 Å². The van der Waals surface area contributed by atoms with Crippen LogP contribution in [0.4, 0.5) is 5.69 Å². The second kappa shape index (κ2) is 6.73. The van der Waals surface area contributed by atoms with Crippen LogP contribution in [0.25, 0.3) is 6.08 Å². The summed E-state index contributed by atoms with van der Waals surface area (Å²) in [4.78, 5) is 11.9. The van der Waals surface area contributed by atoms with E-state index in [1.54, 1.807) is 18.2 Å². The molecular weight excluding hydrogens is 338 g/mol. The molecule has 2 nitrogen and oxygen atoms in total. The number of halogens is 2. The van der Waals surface area contributed by atoms with Gasteiger partial charge < -0.3 is 5.32 Å². The molecule has 2 rings (SSSR count). The number of hydrogen-bond acceptors (Lipinski definition) is 1. The average Bonchev–Trinajstić information content (AvgIpc) is 2.41. The molecule has 0 aromatic heterocycles. The molecule has 0 atom stereocenters. The molecule has 0 heterocycles. The van der Waals surface area contributed by atoms with Crippen LogP contribution in [-0.4, -0.2) is 5.91 Å². The van der Waals surface area contributed by atoms with Gasteiger partial charge in [-0.25, -0.2) is 0 Å². The molecule has 1 N–H and O–H groups in total. The van der Waals surface area contributed by atoms with Crippen molar-refractivity contribution in [1.29, 1.82) is 0 Å². The molecule has 0 unspecified atom stereocenters. The van der Waals surface area contributed by atoms with E-state index < -0.39 is 0 Å². The summed E-state index contributed by atoms with van der Waals surface area (Å²) in [6, 6.07) is 13.0. The molecule has 0 aliphatic rings. The minimum absolute atomic E-state index is 0.162. The Bertz CT molecular complexity index is 650. The first-order chi connectivity index (χ1) is 9.54. The molecule has 2 aromatic carbocycles. The summed E-state index contributed by atoms with van der Waals surface area (Å²) in [5, 5.41) is 3.52. The highest BCUT2D eigenvalue weighted by molar-refractivity contribution is 9.10. The van der Waals surface area contributed by atoms with Crippen LogP contribution in [0, 0.1) is 6.92 Å². The molecule has 102 valence electrons. The molecule has 0 aliphatic carbocycles. The van der Waals surface area contributed by atoms with Gasteiger partial charge >= 0.3 is 0 Å². The first kappa shape index (κ1) is 14.8. The van der Waals surface area contributed by atoms with Crippen molar-refractivity contribution >= 4 is 45.2 Å². The second-order valence-corrected chi connectivity index (χ2v) is 5.69. The number of aryl methyl sites for hydroxylation is 1. The Kier molecular flexibility index (Phi) is 4.99. The van der Waals surface area contributed by atoms with Crippen LogP contribution >= 0.6 is 27.5 Å². The third kappa shape index (κ3) is 4.22. The molecule has 0 saturated carbocycles. The highest BCUT2D eigenvalue weighted by atomic mass is 79.9. The van der Waals surface area contributed by atoms with Crippen LogP contribution in [-0.2, 0) is 4.79 Å². The Hall–Kier alpha value is -1.58. The minimum atomic E-state index is -0.162. The van der Waals surface area contributed by atoms with Crippen molar-refractivity contribution in [3.05, 3.63) is 69.2 Å². The monoisotopic (exact) mass is 349 g/mol. The van der Waals surface area contributed by atoms with E-state index in [0.717, 1.165) is 21.3 Å². The molecule has 0 spiro atoms. The number of anilines is 1. The number of carbonyl (C=O) groups is 1. The number of rotatable bonds is 3. The van der Waals surface area contributed by atoms with Crippen molar-refractivity contribution in [3.8, 4) is 0 Å². The molecule has 0 radical (unpaired) electrons. The fourth-order valence-corrected chi connectivity index (χ4v) is 2.29. The Balaban J connectivity index is 2.03. The highest BCUT2D eigenvalue weighted by Crippen LogP contribution is 2.20. The Morgan fingerprint density at radius 2 is 1.90 bits per heavy atom. The maximum absolute atomic E-state index is 11.9. The molecule has 1 amide bonds. The van der Waals surface area contributed by atoms with E-state index in [2.05, 4.69) is 21.2 Å². The first-order valence-corrected chi connectivity index (χ1v) is 7.22. The lowest BCUT2D eigenvalue weighted by molar-refractivity contribution is -0.111. The van der Waals surface area contributed by atoms with Gasteiger partial charge in [-0.2, -0.15) is 0 Å². The molecule has 20 heavy (non-hydrogen) atoms. The molecular formula is C16H13BrClNO. The van der Waals surface area contributed by atoms with E-state index in [9.17, 15) is 4.79 Å². The lowest BCUT2D eigenvalue weighted by atomic mass is 10.2. The van der Waals surface area contributed by atoms with Gasteiger partial charge in [0.1, 0.15) is 0 Å². The topological polar surface area (TPSA) is 29.1 Å². The maximum atomic E-state index is 11.9. The number of amides is 1. The standard InChI is InChI=1S/C16H13BrClNO/c1-11-10-13(17)5-8-15(11)19-16(20)9-4-12-2-6-14(18)7-3-12/h2-10H,1H3,(H,19,20). The maximum Gasteiger partial charge on any atom is 0.248 e. The van der Waals surface area contributed by atoms with E-state index in [1.807, 2.05) is 37.3 Å². The molecule has 2 aromatic rings. The van der Waals surface area contributed by atoms with E-state index in [1.165, 1.54) is 6.08 Å². The zero-order valence-corrected chi connectivity index (χ0v) is 13.2. The number of nitrogens with one attached hydrogen (secondary N) is 1. The van der Waals surface area contributed by atoms with Crippen molar-refractivity contribution in [1.82, 2.24) is 0 Å². The SMILES string of the molecule is Cc1cc(Br)ccc1NC(=O)C=Cc1ccc(Cl)cc1. The summed E-state index contributed by atoms with van der Waals surface area (Å²) in [6.07, 6.45) is 3.25. The molecule has 0 aliphatic heterocycles. The van der Waals surface area contributed by atoms with Crippen molar-refractivity contribution in [2.75, 3.05) is 5.32 Å².